The number of rotatable bonds is 6. The number of aryl methyl sites for hydroxylation is 2. The molecule has 2 aliphatic heterocycles. The van der Waals surface area contributed by atoms with E-state index < -0.39 is 0 Å². The number of carbonyl (C=O) groups excluding carboxylic acids is 1. The molecule has 3 saturated carbocycles. The standard InChI is InChI=1S/C29H30N6O3/c1-17-11-20(5-4-8-30)12-18(2)24(17)38-25-22-19(3)35(21-6-9-37-10-7-21)26(36)23(22)32-27(33-25)34-29-13-28(14-29,15-29)16-31/h4-5,11-12,19,21H,6-7,9-10,13-15H2,1-3H3,(H,32,33,34)/b5-4+. The highest BCUT2D eigenvalue weighted by Gasteiger charge is 2.69. The van der Waals surface area contributed by atoms with E-state index in [1.54, 1.807) is 6.08 Å². The average molecular weight is 511 g/mol. The van der Waals surface area contributed by atoms with E-state index in [0.717, 1.165) is 48.8 Å². The number of nitrogens with zero attached hydrogens (tertiary/aromatic N) is 5. The van der Waals surface area contributed by atoms with Crippen molar-refractivity contribution in [3.63, 3.8) is 0 Å². The summed E-state index contributed by atoms with van der Waals surface area (Å²) >= 11 is 0. The molecule has 3 aliphatic carbocycles. The Morgan fingerprint density at radius 1 is 1.16 bits per heavy atom. The number of hydrogen-bond acceptors (Lipinski definition) is 8. The third-order valence-corrected chi connectivity index (χ3v) is 8.44. The van der Waals surface area contributed by atoms with Crippen molar-refractivity contribution < 1.29 is 14.3 Å². The van der Waals surface area contributed by atoms with Crippen LogP contribution in [0.2, 0.25) is 0 Å². The lowest BCUT2D eigenvalue weighted by Gasteiger charge is -2.66. The predicted octanol–water partition coefficient (Wildman–Crippen LogP) is 4.98. The number of benzene rings is 1. The predicted molar refractivity (Wildman–Crippen MR) is 139 cm³/mol. The second kappa shape index (κ2) is 8.82. The molecule has 5 aliphatic rings. The molecule has 9 heteroatoms. The van der Waals surface area contributed by atoms with Gasteiger partial charge in [-0.15, -0.1) is 0 Å². The summed E-state index contributed by atoms with van der Waals surface area (Å²) < 4.78 is 12.1. The van der Waals surface area contributed by atoms with Crippen molar-refractivity contribution in [1.82, 2.24) is 14.9 Å². The summed E-state index contributed by atoms with van der Waals surface area (Å²) in [5, 5.41) is 21.8. The fourth-order valence-electron chi connectivity index (χ4n) is 6.75. The Balaban J connectivity index is 1.38. The Labute approximate surface area is 222 Å². The molecule has 2 bridgehead atoms. The highest BCUT2D eigenvalue weighted by Crippen LogP contribution is 2.67. The van der Waals surface area contributed by atoms with Gasteiger partial charge in [0.15, 0.2) is 0 Å². The third-order valence-electron chi connectivity index (χ3n) is 8.44. The van der Waals surface area contributed by atoms with Gasteiger partial charge in [-0.3, -0.25) is 4.79 Å². The van der Waals surface area contributed by atoms with Crippen LogP contribution in [0.25, 0.3) is 6.08 Å². The summed E-state index contributed by atoms with van der Waals surface area (Å²) in [5.41, 5.74) is 3.38. The molecule has 1 amide bonds. The summed E-state index contributed by atoms with van der Waals surface area (Å²) in [7, 11) is 0. The molecule has 1 saturated heterocycles. The van der Waals surface area contributed by atoms with Crippen molar-refractivity contribution in [2.75, 3.05) is 18.5 Å². The van der Waals surface area contributed by atoms with Gasteiger partial charge in [-0.2, -0.15) is 15.5 Å². The van der Waals surface area contributed by atoms with E-state index in [9.17, 15) is 10.1 Å². The van der Waals surface area contributed by atoms with Gasteiger partial charge in [0.25, 0.3) is 5.91 Å². The number of carbonyl (C=O) groups is 1. The van der Waals surface area contributed by atoms with Crippen LogP contribution in [0.15, 0.2) is 18.2 Å². The van der Waals surface area contributed by atoms with E-state index in [2.05, 4.69) is 11.4 Å². The summed E-state index contributed by atoms with van der Waals surface area (Å²) in [6.07, 6.45) is 7.08. The maximum atomic E-state index is 13.7. The van der Waals surface area contributed by atoms with Crippen molar-refractivity contribution in [2.45, 2.75) is 70.5 Å². The first-order valence-corrected chi connectivity index (χ1v) is 13.1. The highest BCUT2D eigenvalue weighted by atomic mass is 16.5. The van der Waals surface area contributed by atoms with Gasteiger partial charge in [0, 0.05) is 30.9 Å². The molecular weight excluding hydrogens is 480 g/mol. The maximum Gasteiger partial charge on any atom is 0.273 e. The zero-order valence-electron chi connectivity index (χ0n) is 21.9. The minimum Gasteiger partial charge on any atom is -0.438 e. The highest BCUT2D eigenvalue weighted by molar-refractivity contribution is 5.98. The molecule has 194 valence electrons. The minimum atomic E-state index is -0.236. The smallest absolute Gasteiger partial charge is 0.273 e. The first-order chi connectivity index (χ1) is 18.3. The lowest BCUT2D eigenvalue weighted by atomic mass is 9.40. The molecule has 9 nitrogen and oxygen atoms in total. The number of hydrogen-bond donors (Lipinski definition) is 1. The second-order valence-corrected chi connectivity index (χ2v) is 11.2. The number of ether oxygens (including phenoxy) is 2. The van der Waals surface area contributed by atoms with E-state index in [1.165, 1.54) is 6.08 Å². The topological polar surface area (TPSA) is 124 Å². The number of allylic oxidation sites excluding steroid dienone is 1. The zero-order chi connectivity index (χ0) is 26.7. The first kappa shape index (κ1) is 24.4. The first-order valence-electron chi connectivity index (χ1n) is 13.1. The number of aromatic nitrogens is 2. The monoisotopic (exact) mass is 510 g/mol. The number of fused-ring (bicyclic) bond motifs is 1. The van der Waals surface area contributed by atoms with Crippen molar-refractivity contribution >= 4 is 17.9 Å². The second-order valence-electron chi connectivity index (χ2n) is 11.2. The average Bonchev–Trinajstić information content (AvgIpc) is 3.11. The Morgan fingerprint density at radius 3 is 2.47 bits per heavy atom. The molecule has 1 aromatic carbocycles. The van der Waals surface area contributed by atoms with Crippen LogP contribution in [0, 0.1) is 41.9 Å². The number of nitriles is 2. The molecule has 1 unspecified atom stereocenters. The SMILES string of the molecule is Cc1cc(/C=C/C#N)cc(C)c1Oc1nc(NC23CC(C#N)(C2)C3)nc2c1C(C)N(C1CCOCC1)C2=O. The van der Waals surface area contributed by atoms with Crippen LogP contribution in [0.4, 0.5) is 5.95 Å². The fourth-order valence-corrected chi connectivity index (χ4v) is 6.75. The molecular formula is C29H30N6O3. The Kier molecular flexibility index (Phi) is 5.66. The van der Waals surface area contributed by atoms with Crippen molar-refractivity contribution in [2.24, 2.45) is 5.41 Å². The van der Waals surface area contributed by atoms with Crippen molar-refractivity contribution in [3.8, 4) is 23.8 Å². The van der Waals surface area contributed by atoms with Crippen LogP contribution in [0.5, 0.6) is 11.6 Å². The molecule has 0 radical (unpaired) electrons. The van der Waals surface area contributed by atoms with Gasteiger partial charge in [-0.05, 0) is 87.8 Å². The minimum absolute atomic E-state index is 0.0764. The van der Waals surface area contributed by atoms with Crippen LogP contribution in [-0.2, 0) is 4.74 Å². The summed E-state index contributed by atoms with van der Waals surface area (Å²) in [5.74, 6) is 1.31. The van der Waals surface area contributed by atoms with Crippen LogP contribution in [0.3, 0.4) is 0 Å². The number of anilines is 1. The van der Waals surface area contributed by atoms with E-state index in [1.807, 2.05) is 43.9 Å². The lowest BCUT2D eigenvalue weighted by molar-refractivity contribution is -0.0665. The zero-order valence-corrected chi connectivity index (χ0v) is 21.9. The maximum absolute atomic E-state index is 13.7. The Hall–Kier alpha value is -3.95. The van der Waals surface area contributed by atoms with E-state index in [4.69, 9.17) is 24.7 Å². The molecule has 38 heavy (non-hydrogen) atoms. The van der Waals surface area contributed by atoms with Gasteiger partial charge in [-0.25, -0.2) is 4.98 Å². The van der Waals surface area contributed by atoms with Crippen molar-refractivity contribution in [1.29, 1.82) is 10.5 Å². The molecule has 1 N–H and O–H groups in total. The van der Waals surface area contributed by atoms with Crippen molar-refractivity contribution in [3.05, 3.63) is 46.2 Å². The van der Waals surface area contributed by atoms with Gasteiger partial charge >= 0.3 is 0 Å². The van der Waals surface area contributed by atoms with Gasteiger partial charge in [0.2, 0.25) is 11.8 Å². The normalized spacial score (nSPS) is 27.8. The van der Waals surface area contributed by atoms with Gasteiger partial charge in [0.1, 0.15) is 11.4 Å². The molecule has 7 rings (SSSR count). The van der Waals surface area contributed by atoms with Gasteiger partial charge < -0.3 is 19.7 Å². The molecule has 2 aromatic rings. The fraction of sp³-hybridized carbons (Fsp3) is 0.483. The third kappa shape index (κ3) is 3.81. The van der Waals surface area contributed by atoms with Gasteiger partial charge in [0.05, 0.1) is 29.2 Å². The lowest BCUT2D eigenvalue weighted by Crippen LogP contribution is -2.70. The van der Waals surface area contributed by atoms with Crippen LogP contribution in [-0.4, -0.2) is 45.6 Å². The quantitative estimate of drug-likeness (QED) is 0.540. The van der Waals surface area contributed by atoms with Crippen LogP contribution < -0.4 is 10.1 Å². The summed E-state index contributed by atoms with van der Waals surface area (Å²) in [6, 6.07) is 8.21. The van der Waals surface area contributed by atoms with E-state index >= 15 is 0 Å². The number of nitrogens with one attached hydrogen (secondary N) is 1. The molecule has 4 fully saturated rings. The van der Waals surface area contributed by atoms with Crippen LogP contribution in [0.1, 0.15) is 77.8 Å². The van der Waals surface area contributed by atoms with Gasteiger partial charge in [-0.1, -0.05) is 0 Å². The number of amides is 1. The summed E-state index contributed by atoms with van der Waals surface area (Å²) in [4.78, 5) is 25.2. The molecule has 3 heterocycles. The largest absolute Gasteiger partial charge is 0.438 e. The molecule has 1 aromatic heterocycles. The molecule has 1 atom stereocenters. The summed E-state index contributed by atoms with van der Waals surface area (Å²) in [6.45, 7) is 7.19. The Morgan fingerprint density at radius 2 is 1.84 bits per heavy atom. The Bertz CT molecular complexity index is 1400. The van der Waals surface area contributed by atoms with E-state index in [0.29, 0.717) is 42.0 Å². The van der Waals surface area contributed by atoms with E-state index in [-0.39, 0.29) is 28.9 Å². The molecule has 0 spiro atoms. The van der Waals surface area contributed by atoms with Crippen LogP contribution >= 0.6 is 0 Å².